The second kappa shape index (κ2) is 20.3. The van der Waals surface area contributed by atoms with E-state index in [1.807, 2.05) is 0 Å². The molecule has 1 fully saturated rings. The first-order chi connectivity index (χ1) is 11.8. The van der Waals surface area contributed by atoms with Crippen molar-refractivity contribution in [2.24, 2.45) is 0 Å². The fourth-order valence-electron chi connectivity index (χ4n) is 2.55. The van der Waals surface area contributed by atoms with Crippen molar-refractivity contribution < 1.29 is 19.1 Å². The third-order valence-corrected chi connectivity index (χ3v) is 4.08. The zero-order chi connectivity index (χ0) is 17.7. The second-order valence-electron chi connectivity index (χ2n) is 6.40. The lowest BCUT2D eigenvalue weighted by Crippen LogP contribution is -2.16. The predicted octanol–water partition coefficient (Wildman–Crippen LogP) is 4.88. The highest BCUT2D eigenvalue weighted by molar-refractivity contribution is 5.78. The Bertz CT molecular complexity index is 263. The molecule has 24 heavy (non-hydrogen) atoms. The van der Waals surface area contributed by atoms with Crippen LogP contribution >= 0.6 is 0 Å². The smallest absolute Gasteiger partial charge is 0.132 e. The summed E-state index contributed by atoms with van der Waals surface area (Å²) in [6.45, 7) is 5.24. The van der Waals surface area contributed by atoms with E-state index in [1.165, 1.54) is 38.5 Å². The molecule has 0 amide bonds. The van der Waals surface area contributed by atoms with Gasteiger partial charge in [0.15, 0.2) is 0 Å². The van der Waals surface area contributed by atoms with Gasteiger partial charge in [0.25, 0.3) is 0 Å². The van der Waals surface area contributed by atoms with Crippen LogP contribution in [0.5, 0.6) is 0 Å². The summed E-state index contributed by atoms with van der Waals surface area (Å²) in [5.41, 5.74) is 0. The fourth-order valence-corrected chi connectivity index (χ4v) is 2.55. The summed E-state index contributed by atoms with van der Waals surface area (Å²) in [5.74, 6) is 0.450. The molecule has 4 heteroatoms. The Hall–Kier alpha value is -0.740. The molecule has 0 saturated carbocycles. The molecule has 1 aliphatic rings. The summed E-state index contributed by atoms with van der Waals surface area (Å²) in [5, 5.41) is 0. The third kappa shape index (κ3) is 19.3. The van der Waals surface area contributed by atoms with Crippen molar-refractivity contribution >= 4 is 12.1 Å². The Labute approximate surface area is 148 Å². The number of ether oxygens (including phenoxy) is 2. The number of unbranched alkanes of at least 4 members (excludes halogenated alkanes) is 9. The molecule has 0 atom stereocenters. The zero-order valence-electron chi connectivity index (χ0n) is 15.7. The van der Waals surface area contributed by atoms with Gasteiger partial charge >= 0.3 is 0 Å². The average Bonchev–Trinajstić information content (AvgIpc) is 2.63. The van der Waals surface area contributed by atoms with E-state index in [2.05, 4.69) is 6.92 Å². The van der Waals surface area contributed by atoms with Gasteiger partial charge in [-0.05, 0) is 19.3 Å². The highest BCUT2D eigenvalue weighted by atomic mass is 16.6. The van der Waals surface area contributed by atoms with Crippen molar-refractivity contribution in [2.75, 3.05) is 26.4 Å². The highest BCUT2D eigenvalue weighted by Gasteiger charge is 2.00. The van der Waals surface area contributed by atoms with Crippen molar-refractivity contribution in [3.63, 3.8) is 0 Å². The van der Waals surface area contributed by atoms with Crippen LogP contribution in [0.1, 0.15) is 90.4 Å². The number of rotatable bonds is 14. The van der Waals surface area contributed by atoms with Gasteiger partial charge in [-0.25, -0.2) is 0 Å². The molecule has 0 aromatic heterocycles. The molecule has 1 saturated heterocycles. The predicted molar refractivity (Wildman–Crippen MR) is 98.4 cm³/mol. The summed E-state index contributed by atoms with van der Waals surface area (Å²) in [7, 11) is 0. The minimum absolute atomic E-state index is 0.450. The molecule has 4 nitrogen and oxygen atoms in total. The van der Waals surface area contributed by atoms with Crippen molar-refractivity contribution in [2.45, 2.75) is 90.4 Å². The van der Waals surface area contributed by atoms with E-state index in [-0.39, 0.29) is 0 Å². The van der Waals surface area contributed by atoms with Crippen LogP contribution in [0.3, 0.4) is 0 Å². The van der Waals surface area contributed by atoms with E-state index in [0.717, 1.165) is 77.7 Å². The molecule has 0 aromatic carbocycles. The minimum Gasteiger partial charge on any atom is -0.377 e. The summed E-state index contributed by atoms with van der Waals surface area (Å²) >= 11 is 0. The van der Waals surface area contributed by atoms with Crippen LogP contribution < -0.4 is 0 Å². The van der Waals surface area contributed by atoms with Crippen molar-refractivity contribution in [3.05, 3.63) is 0 Å². The van der Waals surface area contributed by atoms with E-state index in [0.29, 0.717) is 5.78 Å². The van der Waals surface area contributed by atoms with Crippen LogP contribution in [0.25, 0.3) is 0 Å². The van der Waals surface area contributed by atoms with Crippen LogP contribution in [-0.4, -0.2) is 38.5 Å². The van der Waals surface area contributed by atoms with E-state index in [9.17, 15) is 9.59 Å². The largest absolute Gasteiger partial charge is 0.377 e. The second-order valence-corrected chi connectivity index (χ2v) is 6.40. The molecule has 0 radical (unpaired) electrons. The number of Topliss-reactive ketones (excluding diaryl/α,β-unsaturated/α-hetero) is 1. The molecule has 1 rings (SSSR count). The van der Waals surface area contributed by atoms with Gasteiger partial charge in [0, 0.05) is 19.3 Å². The van der Waals surface area contributed by atoms with E-state index < -0.39 is 0 Å². The molecule has 0 spiro atoms. The first-order valence-corrected chi connectivity index (χ1v) is 9.92. The van der Waals surface area contributed by atoms with Gasteiger partial charge in [-0.1, -0.05) is 51.9 Å². The first kappa shape index (κ1) is 23.3. The lowest BCUT2D eigenvalue weighted by Gasteiger charge is -2.09. The number of aldehydes is 1. The van der Waals surface area contributed by atoms with Crippen LogP contribution in [-0.2, 0) is 19.1 Å². The van der Waals surface area contributed by atoms with Gasteiger partial charge in [-0.2, -0.15) is 0 Å². The van der Waals surface area contributed by atoms with E-state index in [1.54, 1.807) is 0 Å². The monoisotopic (exact) mass is 342 g/mol. The van der Waals surface area contributed by atoms with Gasteiger partial charge in [-0.3, -0.25) is 4.79 Å². The standard InChI is InChI=1S/C16H30O2.C4H8O2/c1-2-3-13-16(18)14-11-9-7-5-4-6-8-10-12-15-17;1-2-6-4-3-5-1/h15H,2-14H2,1H3;1-4H2. The maximum Gasteiger partial charge on any atom is 0.132 e. The summed E-state index contributed by atoms with van der Waals surface area (Å²) in [6.07, 6.45) is 15.1. The molecule has 1 aliphatic heterocycles. The SMILES string of the molecule is C1COCCO1.CCCCC(=O)CCCCCCCCCCC=O. The third-order valence-electron chi connectivity index (χ3n) is 4.08. The highest BCUT2D eigenvalue weighted by Crippen LogP contribution is 2.11. The molecular weight excluding hydrogens is 304 g/mol. The van der Waals surface area contributed by atoms with E-state index >= 15 is 0 Å². The number of carbonyl (C=O) groups is 2. The maximum atomic E-state index is 11.4. The zero-order valence-corrected chi connectivity index (χ0v) is 15.7. The quantitative estimate of drug-likeness (QED) is 0.333. The maximum absolute atomic E-state index is 11.4. The number of hydrogen-bond donors (Lipinski definition) is 0. The van der Waals surface area contributed by atoms with Gasteiger partial charge in [0.2, 0.25) is 0 Å². The minimum atomic E-state index is 0.450. The van der Waals surface area contributed by atoms with Gasteiger partial charge in [0.05, 0.1) is 26.4 Å². The molecular formula is C20H38O4. The molecule has 0 bridgehead atoms. The van der Waals surface area contributed by atoms with Crippen molar-refractivity contribution in [1.82, 2.24) is 0 Å². The molecule has 1 heterocycles. The normalized spacial score (nSPS) is 13.9. The summed E-state index contributed by atoms with van der Waals surface area (Å²) in [4.78, 5) is 21.5. The number of ketones is 1. The van der Waals surface area contributed by atoms with E-state index in [4.69, 9.17) is 9.47 Å². The number of hydrogen-bond acceptors (Lipinski definition) is 4. The first-order valence-electron chi connectivity index (χ1n) is 9.92. The molecule has 142 valence electrons. The fraction of sp³-hybridized carbons (Fsp3) is 0.900. The Kier molecular flexibility index (Phi) is 19.7. The average molecular weight is 343 g/mol. The Morgan fingerprint density at radius 2 is 1.21 bits per heavy atom. The summed E-state index contributed by atoms with van der Waals surface area (Å²) < 4.78 is 9.89. The summed E-state index contributed by atoms with van der Waals surface area (Å²) in [6, 6.07) is 0. The van der Waals surface area contributed by atoms with Crippen LogP contribution in [0.2, 0.25) is 0 Å². The van der Waals surface area contributed by atoms with Gasteiger partial charge in [0.1, 0.15) is 12.1 Å². The van der Waals surface area contributed by atoms with Crippen LogP contribution in [0.4, 0.5) is 0 Å². The Morgan fingerprint density at radius 3 is 1.67 bits per heavy atom. The molecule has 0 unspecified atom stereocenters. The van der Waals surface area contributed by atoms with Gasteiger partial charge in [-0.15, -0.1) is 0 Å². The molecule has 0 aromatic rings. The van der Waals surface area contributed by atoms with Crippen molar-refractivity contribution in [1.29, 1.82) is 0 Å². The van der Waals surface area contributed by atoms with Crippen molar-refractivity contribution in [3.8, 4) is 0 Å². The van der Waals surface area contributed by atoms with Crippen LogP contribution in [0.15, 0.2) is 0 Å². The Morgan fingerprint density at radius 1 is 0.750 bits per heavy atom. The molecule has 0 N–H and O–H groups in total. The number of carbonyl (C=O) groups excluding carboxylic acids is 2. The molecule has 0 aliphatic carbocycles. The van der Waals surface area contributed by atoms with Crippen LogP contribution in [0, 0.1) is 0 Å². The topological polar surface area (TPSA) is 52.6 Å². The lowest BCUT2D eigenvalue weighted by molar-refractivity contribution is -0.119. The Balaban J connectivity index is 0.000000728. The lowest BCUT2D eigenvalue weighted by atomic mass is 10.0. The van der Waals surface area contributed by atoms with Gasteiger partial charge < -0.3 is 14.3 Å².